The van der Waals surface area contributed by atoms with E-state index in [1.807, 2.05) is 60.7 Å². The van der Waals surface area contributed by atoms with Gasteiger partial charge < -0.3 is 27.4 Å². The highest BCUT2D eigenvalue weighted by atomic mass is 15.3. The number of para-hydroxylation sites is 2. The van der Waals surface area contributed by atoms with Gasteiger partial charge in [-0.3, -0.25) is 0 Å². The van der Waals surface area contributed by atoms with E-state index in [9.17, 15) is 0 Å². The van der Waals surface area contributed by atoms with E-state index in [0.717, 1.165) is 41.3 Å². The zero-order valence-corrected chi connectivity index (χ0v) is 21.3. The maximum atomic E-state index is 5.95. The summed E-state index contributed by atoms with van der Waals surface area (Å²) in [6, 6.07) is 43.2. The van der Waals surface area contributed by atoms with Crippen molar-refractivity contribution < 1.29 is 0 Å². The van der Waals surface area contributed by atoms with Crippen LogP contribution >= 0.6 is 0 Å². The van der Waals surface area contributed by atoms with E-state index in [-0.39, 0.29) is 6.29 Å². The first-order valence-corrected chi connectivity index (χ1v) is 12.8. The molecular formula is C33H33N5. The number of benzene rings is 5. The van der Waals surface area contributed by atoms with Crippen molar-refractivity contribution in [1.29, 1.82) is 0 Å². The first kappa shape index (κ1) is 24.8. The third-order valence-corrected chi connectivity index (χ3v) is 6.40. The maximum Gasteiger partial charge on any atom is 0.173 e. The Kier molecular flexibility index (Phi) is 7.75. The van der Waals surface area contributed by atoms with Gasteiger partial charge in [-0.25, -0.2) is 0 Å². The molecule has 0 unspecified atom stereocenters. The van der Waals surface area contributed by atoms with Gasteiger partial charge in [0.1, 0.15) is 0 Å². The second-order valence-electron chi connectivity index (χ2n) is 9.43. The van der Waals surface area contributed by atoms with Crippen LogP contribution in [0.5, 0.6) is 0 Å². The predicted molar refractivity (Wildman–Crippen MR) is 161 cm³/mol. The number of nitrogen functional groups attached to an aromatic ring is 2. The largest absolute Gasteiger partial charge is 0.399 e. The van der Waals surface area contributed by atoms with Gasteiger partial charge in [0.15, 0.2) is 6.29 Å². The molecule has 0 aliphatic carbocycles. The zero-order valence-electron chi connectivity index (χ0n) is 21.3. The molecule has 5 aromatic carbocycles. The Labute approximate surface area is 224 Å². The van der Waals surface area contributed by atoms with Crippen molar-refractivity contribution in [2.24, 2.45) is 0 Å². The van der Waals surface area contributed by atoms with Crippen LogP contribution in [0.1, 0.15) is 22.3 Å². The molecule has 5 aromatic rings. The van der Waals surface area contributed by atoms with Crippen LogP contribution < -0.4 is 27.4 Å². The summed E-state index contributed by atoms with van der Waals surface area (Å²) in [5, 5.41) is 10.9. The Morgan fingerprint density at radius 1 is 0.474 bits per heavy atom. The lowest BCUT2D eigenvalue weighted by Gasteiger charge is -2.26. The Bertz CT molecular complexity index is 1390. The number of hydrogen-bond donors (Lipinski definition) is 5. The van der Waals surface area contributed by atoms with Crippen LogP contribution in [0.4, 0.5) is 28.4 Å². The van der Waals surface area contributed by atoms with E-state index in [0.29, 0.717) is 0 Å². The van der Waals surface area contributed by atoms with E-state index in [4.69, 9.17) is 11.5 Å². The Morgan fingerprint density at radius 2 is 0.947 bits per heavy atom. The molecule has 5 heteroatoms. The molecule has 0 aliphatic heterocycles. The monoisotopic (exact) mass is 499 g/mol. The number of nitrogens with two attached hydrogens (primary N) is 2. The van der Waals surface area contributed by atoms with Crippen LogP contribution in [0, 0.1) is 0 Å². The van der Waals surface area contributed by atoms with Gasteiger partial charge in [0.25, 0.3) is 0 Å². The standard InChI is InChI=1S/C33H33N5/c34-28-16-11-24(12-17-28)21-26-15-20-32(27(23-26)22-25-13-18-29(35)19-14-25)38-33(36-30-7-3-1-4-8-30)37-31-9-5-2-6-10-31/h1-20,23,33,36-38H,21-22,34-35H2. The molecule has 0 heterocycles. The fraction of sp³-hybridized carbons (Fsp3) is 0.0909. The first-order chi connectivity index (χ1) is 18.6. The molecule has 5 nitrogen and oxygen atoms in total. The number of nitrogens with one attached hydrogen (secondary N) is 3. The summed E-state index contributed by atoms with van der Waals surface area (Å²) in [6.07, 6.45) is 1.37. The highest BCUT2D eigenvalue weighted by Gasteiger charge is 2.13. The summed E-state index contributed by atoms with van der Waals surface area (Å²) in [5.74, 6) is 0. The predicted octanol–water partition coefficient (Wildman–Crippen LogP) is 6.95. The van der Waals surface area contributed by atoms with Gasteiger partial charge in [-0.05, 0) is 89.7 Å². The zero-order chi connectivity index (χ0) is 26.2. The average molecular weight is 500 g/mol. The van der Waals surface area contributed by atoms with Crippen molar-refractivity contribution in [2.75, 3.05) is 27.4 Å². The van der Waals surface area contributed by atoms with Gasteiger partial charge in [0, 0.05) is 28.4 Å². The van der Waals surface area contributed by atoms with Crippen molar-refractivity contribution in [3.05, 3.63) is 150 Å². The average Bonchev–Trinajstić information content (AvgIpc) is 2.94. The summed E-state index contributed by atoms with van der Waals surface area (Å²) in [7, 11) is 0. The molecule has 0 amide bonds. The Hall–Kier alpha value is -4.90. The minimum atomic E-state index is -0.243. The normalized spacial score (nSPS) is 10.8. The molecule has 190 valence electrons. The van der Waals surface area contributed by atoms with Crippen LogP contribution in [0.15, 0.2) is 127 Å². The van der Waals surface area contributed by atoms with Gasteiger partial charge >= 0.3 is 0 Å². The Balaban J connectivity index is 1.45. The molecule has 0 aliphatic rings. The number of anilines is 5. The van der Waals surface area contributed by atoms with Crippen LogP contribution in [0.2, 0.25) is 0 Å². The van der Waals surface area contributed by atoms with Crippen LogP contribution in [-0.4, -0.2) is 6.29 Å². The maximum absolute atomic E-state index is 5.95. The van der Waals surface area contributed by atoms with Gasteiger partial charge in [0.2, 0.25) is 0 Å². The molecule has 5 rings (SSSR count). The molecule has 38 heavy (non-hydrogen) atoms. The molecular weight excluding hydrogens is 466 g/mol. The first-order valence-electron chi connectivity index (χ1n) is 12.8. The second-order valence-corrected chi connectivity index (χ2v) is 9.43. The minimum absolute atomic E-state index is 0.243. The highest BCUT2D eigenvalue weighted by Crippen LogP contribution is 2.25. The highest BCUT2D eigenvalue weighted by molar-refractivity contribution is 5.60. The minimum Gasteiger partial charge on any atom is -0.399 e. The lowest BCUT2D eigenvalue weighted by Crippen LogP contribution is -2.36. The number of rotatable bonds is 10. The van der Waals surface area contributed by atoms with Gasteiger partial charge in [-0.1, -0.05) is 72.8 Å². The van der Waals surface area contributed by atoms with Gasteiger partial charge in [-0.2, -0.15) is 0 Å². The van der Waals surface area contributed by atoms with Crippen LogP contribution in [-0.2, 0) is 12.8 Å². The summed E-state index contributed by atoms with van der Waals surface area (Å²) in [5.41, 5.74) is 21.4. The van der Waals surface area contributed by atoms with Crippen molar-refractivity contribution >= 4 is 28.4 Å². The molecule has 0 bridgehead atoms. The quantitative estimate of drug-likeness (QED) is 0.106. The molecule has 0 radical (unpaired) electrons. The van der Waals surface area contributed by atoms with Crippen LogP contribution in [0.3, 0.4) is 0 Å². The molecule has 0 fully saturated rings. The van der Waals surface area contributed by atoms with Gasteiger partial charge in [-0.15, -0.1) is 0 Å². The van der Waals surface area contributed by atoms with Gasteiger partial charge in [0.05, 0.1) is 0 Å². The summed E-state index contributed by atoms with van der Waals surface area (Å²) in [6.45, 7) is 0. The summed E-state index contributed by atoms with van der Waals surface area (Å²) >= 11 is 0. The molecule has 7 N–H and O–H groups in total. The van der Waals surface area contributed by atoms with Crippen molar-refractivity contribution in [1.82, 2.24) is 0 Å². The van der Waals surface area contributed by atoms with Crippen molar-refractivity contribution in [3.63, 3.8) is 0 Å². The molecule has 0 aromatic heterocycles. The van der Waals surface area contributed by atoms with E-state index < -0.39 is 0 Å². The van der Waals surface area contributed by atoms with E-state index >= 15 is 0 Å². The SMILES string of the molecule is Nc1ccc(Cc2ccc(NC(Nc3ccccc3)Nc3ccccc3)c(Cc3ccc(N)cc3)c2)cc1. The molecule has 0 atom stereocenters. The lowest BCUT2D eigenvalue weighted by molar-refractivity contribution is 0.926. The number of hydrogen-bond acceptors (Lipinski definition) is 5. The summed E-state index contributed by atoms with van der Waals surface area (Å²) < 4.78 is 0. The molecule has 0 saturated carbocycles. The summed E-state index contributed by atoms with van der Waals surface area (Å²) in [4.78, 5) is 0. The fourth-order valence-electron chi connectivity index (χ4n) is 4.44. The second kappa shape index (κ2) is 11.9. The smallest absolute Gasteiger partial charge is 0.173 e. The molecule has 0 spiro atoms. The van der Waals surface area contributed by atoms with Crippen molar-refractivity contribution in [3.8, 4) is 0 Å². The third kappa shape index (κ3) is 6.86. The van der Waals surface area contributed by atoms with E-state index in [2.05, 4.69) is 82.7 Å². The van der Waals surface area contributed by atoms with E-state index in [1.165, 1.54) is 22.3 Å². The molecule has 0 saturated heterocycles. The fourth-order valence-corrected chi connectivity index (χ4v) is 4.44. The van der Waals surface area contributed by atoms with Crippen LogP contribution in [0.25, 0.3) is 0 Å². The Morgan fingerprint density at radius 3 is 1.47 bits per heavy atom. The topological polar surface area (TPSA) is 88.1 Å². The lowest BCUT2D eigenvalue weighted by atomic mass is 9.97. The van der Waals surface area contributed by atoms with Crippen molar-refractivity contribution in [2.45, 2.75) is 19.1 Å². The van der Waals surface area contributed by atoms with E-state index in [1.54, 1.807) is 0 Å². The third-order valence-electron chi connectivity index (χ3n) is 6.40.